The number of amides is 1. The van der Waals surface area contributed by atoms with Gasteiger partial charge in [-0.1, -0.05) is 25.1 Å². The minimum absolute atomic E-state index is 0.0184. The molecule has 1 amide bonds. The Kier molecular flexibility index (Phi) is 5.65. The van der Waals surface area contributed by atoms with Crippen LogP contribution in [0.3, 0.4) is 0 Å². The van der Waals surface area contributed by atoms with Gasteiger partial charge in [0.05, 0.1) is 12.3 Å². The number of esters is 1. The summed E-state index contributed by atoms with van der Waals surface area (Å²) in [6.07, 6.45) is 1.70. The zero-order valence-electron chi connectivity index (χ0n) is 15.2. The predicted molar refractivity (Wildman–Crippen MR) is 103 cm³/mol. The summed E-state index contributed by atoms with van der Waals surface area (Å²) in [6, 6.07) is 9.30. The van der Waals surface area contributed by atoms with Crippen molar-refractivity contribution in [3.8, 4) is 5.75 Å². The molecule has 2 aromatic carbocycles. The molecule has 1 fully saturated rings. The predicted octanol–water partition coefficient (Wildman–Crippen LogP) is 2.19. The van der Waals surface area contributed by atoms with Gasteiger partial charge in [0, 0.05) is 6.92 Å². The molecule has 0 aliphatic carbocycles. The maximum absolute atomic E-state index is 12.0. The summed E-state index contributed by atoms with van der Waals surface area (Å²) in [5.41, 5.74) is 1.48. The van der Waals surface area contributed by atoms with Crippen molar-refractivity contribution >= 4 is 39.5 Å². The molecule has 0 aromatic heterocycles. The number of hydrogen-bond donors (Lipinski definition) is 2. The van der Waals surface area contributed by atoms with Crippen molar-refractivity contribution in [3.05, 3.63) is 35.9 Å². The number of hydrogen-bond acceptors (Lipinski definition) is 5. The normalized spacial score (nSPS) is 17.8. The molecule has 1 aliphatic heterocycles. The largest absolute Gasteiger partial charge is 0.506 e. The van der Waals surface area contributed by atoms with Gasteiger partial charge in [-0.3, -0.25) is 18.6 Å². The van der Waals surface area contributed by atoms with Gasteiger partial charge in [-0.2, -0.15) is 0 Å². The number of carbonyl (C=O) groups excluding carboxylic acids is 2. The third kappa shape index (κ3) is 4.57. The molecule has 1 saturated heterocycles. The van der Waals surface area contributed by atoms with E-state index in [1.807, 2.05) is 25.1 Å². The van der Waals surface area contributed by atoms with Crippen LogP contribution in [0, 0.1) is 5.92 Å². The van der Waals surface area contributed by atoms with Crippen LogP contribution >= 0.6 is 0 Å². The van der Waals surface area contributed by atoms with Gasteiger partial charge in [0.2, 0.25) is 11.2 Å². The minimum atomic E-state index is -1.68. The van der Waals surface area contributed by atoms with Crippen LogP contribution in [0.1, 0.15) is 25.8 Å². The number of fused-ring (bicyclic) bond motifs is 1. The number of aromatic hydroxyl groups is 1. The number of nitrogens with one attached hydrogen (secondary N) is 1. The van der Waals surface area contributed by atoms with Gasteiger partial charge in [-0.25, -0.2) is 4.21 Å². The van der Waals surface area contributed by atoms with Gasteiger partial charge in [-0.05, 0) is 47.2 Å². The summed E-state index contributed by atoms with van der Waals surface area (Å²) < 4.78 is 20.7. The van der Waals surface area contributed by atoms with E-state index in [-0.39, 0.29) is 30.1 Å². The van der Waals surface area contributed by atoms with Crippen molar-refractivity contribution in [1.29, 1.82) is 0 Å². The Balaban J connectivity index is 1.78. The molecule has 8 heteroatoms. The van der Waals surface area contributed by atoms with E-state index in [0.717, 1.165) is 29.2 Å². The molecule has 0 bridgehead atoms. The molecule has 0 saturated carbocycles. The average Bonchev–Trinajstić information content (AvgIpc) is 2.95. The molecule has 27 heavy (non-hydrogen) atoms. The Labute approximate surface area is 160 Å². The molecule has 2 unspecified atom stereocenters. The highest BCUT2D eigenvalue weighted by atomic mass is 32.2. The number of nitrogens with zero attached hydrogens (tertiary/aromatic N) is 1. The van der Waals surface area contributed by atoms with E-state index < -0.39 is 11.2 Å². The van der Waals surface area contributed by atoms with Gasteiger partial charge in [0.25, 0.3) is 5.91 Å². The van der Waals surface area contributed by atoms with Crippen molar-refractivity contribution in [2.45, 2.75) is 26.7 Å². The van der Waals surface area contributed by atoms with Crippen LogP contribution in [0.4, 0.5) is 5.69 Å². The van der Waals surface area contributed by atoms with E-state index in [1.54, 1.807) is 12.1 Å². The monoisotopic (exact) mass is 390 g/mol. The number of anilines is 1. The summed E-state index contributed by atoms with van der Waals surface area (Å²) in [4.78, 5) is 22.3. The minimum Gasteiger partial charge on any atom is -0.506 e. The van der Waals surface area contributed by atoms with Crippen molar-refractivity contribution in [1.82, 2.24) is 4.72 Å². The van der Waals surface area contributed by atoms with Crippen LogP contribution in [-0.4, -0.2) is 34.3 Å². The van der Waals surface area contributed by atoms with Gasteiger partial charge in [0.15, 0.2) is 0 Å². The first-order valence-corrected chi connectivity index (χ1v) is 9.82. The van der Waals surface area contributed by atoms with Crippen LogP contribution in [0.2, 0.25) is 0 Å². The van der Waals surface area contributed by atoms with Gasteiger partial charge >= 0.3 is 5.97 Å². The fourth-order valence-corrected chi connectivity index (χ4v) is 3.91. The van der Waals surface area contributed by atoms with Crippen LogP contribution in [0.15, 0.2) is 30.3 Å². The van der Waals surface area contributed by atoms with Gasteiger partial charge in [-0.15, -0.1) is 0 Å². The molecule has 0 spiro atoms. The van der Waals surface area contributed by atoms with Crippen molar-refractivity contribution in [3.63, 3.8) is 0 Å². The molecule has 3 rings (SSSR count). The number of aryl methyl sites for hydroxylation is 1. The molecule has 1 aliphatic rings. The van der Waals surface area contributed by atoms with Gasteiger partial charge in [0.1, 0.15) is 12.3 Å². The number of benzene rings is 2. The number of phenolic OH excluding ortho intramolecular Hbond substituents is 1. The summed E-state index contributed by atoms with van der Waals surface area (Å²) in [7, 11) is 0. The maximum Gasteiger partial charge on any atom is 0.302 e. The lowest BCUT2D eigenvalue weighted by molar-refractivity contribution is -0.142. The Hall–Kier alpha value is -2.61. The van der Waals surface area contributed by atoms with E-state index in [1.165, 1.54) is 11.2 Å². The van der Waals surface area contributed by atoms with E-state index >= 15 is 0 Å². The van der Waals surface area contributed by atoms with Crippen LogP contribution in [0.5, 0.6) is 5.75 Å². The second-order valence-corrected chi connectivity index (χ2v) is 7.92. The van der Waals surface area contributed by atoms with E-state index in [0.29, 0.717) is 12.3 Å². The summed E-state index contributed by atoms with van der Waals surface area (Å²) >= 11 is -1.68. The quantitative estimate of drug-likeness (QED) is 0.737. The number of carbonyl (C=O) groups is 2. The van der Waals surface area contributed by atoms with Gasteiger partial charge < -0.3 is 9.84 Å². The highest BCUT2D eigenvalue weighted by molar-refractivity contribution is 7.85. The van der Waals surface area contributed by atoms with E-state index in [2.05, 4.69) is 4.72 Å². The molecule has 1 heterocycles. The third-order valence-electron chi connectivity index (χ3n) is 4.45. The fourth-order valence-electron chi connectivity index (χ4n) is 2.98. The topological polar surface area (TPSA) is 95.9 Å². The first kappa shape index (κ1) is 19.2. The lowest BCUT2D eigenvalue weighted by atomic mass is 9.99. The first-order chi connectivity index (χ1) is 12.8. The lowest BCUT2D eigenvalue weighted by Crippen LogP contribution is -2.22. The van der Waals surface area contributed by atoms with Crippen LogP contribution in [0.25, 0.3) is 10.8 Å². The highest BCUT2D eigenvalue weighted by Gasteiger charge is 2.29. The zero-order chi connectivity index (χ0) is 19.6. The van der Waals surface area contributed by atoms with Crippen LogP contribution < -0.4 is 9.03 Å². The number of rotatable bonds is 6. The third-order valence-corrected chi connectivity index (χ3v) is 5.58. The van der Waals surface area contributed by atoms with Crippen molar-refractivity contribution < 1.29 is 23.6 Å². The Bertz CT molecular complexity index is 914. The second-order valence-electron chi connectivity index (χ2n) is 6.78. The smallest absolute Gasteiger partial charge is 0.302 e. The Morgan fingerprint density at radius 1 is 1.33 bits per heavy atom. The molecule has 144 valence electrons. The van der Waals surface area contributed by atoms with Crippen LogP contribution in [-0.2, 0) is 31.9 Å². The van der Waals surface area contributed by atoms with E-state index in [9.17, 15) is 18.9 Å². The average molecular weight is 390 g/mol. The summed E-state index contributed by atoms with van der Waals surface area (Å²) in [5.74, 6) is -0.380. The maximum atomic E-state index is 12.0. The molecular weight excluding hydrogens is 368 g/mol. The number of phenols is 1. The molecule has 2 atom stereocenters. The summed E-state index contributed by atoms with van der Waals surface area (Å²) in [5, 5.41) is 12.0. The fraction of sp³-hybridized carbons (Fsp3) is 0.368. The SMILES string of the molecule is CC(=O)OCC(C)CCc1ccc2cc(O)c(N3CC(=O)NS3=O)cc2c1. The highest BCUT2D eigenvalue weighted by Crippen LogP contribution is 2.34. The van der Waals surface area contributed by atoms with Crippen molar-refractivity contribution in [2.24, 2.45) is 5.92 Å². The molecule has 2 aromatic rings. The molecule has 7 nitrogen and oxygen atoms in total. The zero-order valence-corrected chi connectivity index (χ0v) is 16.0. The standard InChI is InChI=1S/C19H22N2O5S/c1-12(11-26-13(2)22)3-4-14-5-6-15-9-18(23)17(8-16(15)7-14)21-10-19(24)20-27(21)25/h5-9,12,23H,3-4,10-11H2,1-2H3,(H,20,24). The van der Waals surface area contributed by atoms with E-state index in [4.69, 9.17) is 4.74 Å². The van der Waals surface area contributed by atoms with Crippen molar-refractivity contribution in [2.75, 3.05) is 17.5 Å². The second kappa shape index (κ2) is 7.96. The number of ether oxygens (including phenoxy) is 1. The summed E-state index contributed by atoms with van der Waals surface area (Å²) in [6.45, 7) is 3.79. The molecule has 2 N–H and O–H groups in total. The lowest BCUT2D eigenvalue weighted by Gasteiger charge is -2.16. The molecule has 0 radical (unpaired) electrons. The first-order valence-electron chi connectivity index (χ1n) is 8.71. The molecular formula is C19H22N2O5S. The Morgan fingerprint density at radius 3 is 2.78 bits per heavy atom. The Morgan fingerprint density at radius 2 is 2.11 bits per heavy atom.